The van der Waals surface area contributed by atoms with Crippen LogP contribution in [-0.4, -0.2) is 28.7 Å². The number of ether oxygens (including phenoxy) is 2. The second kappa shape index (κ2) is 4.78. The molecular weight excluding hydrogens is 342 g/mol. The average molecular weight is 358 g/mol. The smallest absolute Gasteiger partial charge is 0.218 e. The highest BCUT2D eigenvalue weighted by molar-refractivity contribution is 6.52. The Morgan fingerprint density at radius 2 is 1.65 bits per heavy atom. The van der Waals surface area contributed by atoms with E-state index >= 15 is 0 Å². The van der Waals surface area contributed by atoms with Crippen molar-refractivity contribution in [1.82, 2.24) is 0 Å². The Hall–Kier alpha value is 0.560. The van der Waals surface area contributed by atoms with Crippen LogP contribution in [0.25, 0.3) is 0 Å². The van der Waals surface area contributed by atoms with Gasteiger partial charge in [0, 0.05) is 25.0 Å². The predicted molar refractivity (Wildman–Crippen MR) is 82.6 cm³/mol. The zero-order chi connectivity index (χ0) is 14.8. The van der Waals surface area contributed by atoms with E-state index in [1.807, 2.05) is 13.8 Å². The lowest BCUT2D eigenvalue weighted by molar-refractivity contribution is -0.245. The van der Waals surface area contributed by atoms with Gasteiger partial charge in [-0.15, -0.1) is 23.2 Å². The van der Waals surface area contributed by atoms with E-state index in [0.29, 0.717) is 23.3 Å². The normalized spacial score (nSPS) is 44.5. The number of alkyl halides is 2. The minimum Gasteiger partial charge on any atom is -0.346 e. The molecule has 2 bridgehead atoms. The average Bonchev–Trinajstić information content (AvgIpc) is 2.99. The molecule has 0 radical (unpaired) electrons. The third kappa shape index (κ3) is 1.37. The first-order chi connectivity index (χ1) is 9.41. The van der Waals surface area contributed by atoms with Gasteiger partial charge in [-0.3, -0.25) is 0 Å². The van der Waals surface area contributed by atoms with Crippen molar-refractivity contribution in [1.29, 1.82) is 0 Å². The Bertz CT molecular complexity index is 497. The van der Waals surface area contributed by atoms with Gasteiger partial charge >= 0.3 is 0 Å². The van der Waals surface area contributed by atoms with Crippen LogP contribution in [0.5, 0.6) is 0 Å². The minimum atomic E-state index is -1.22. The Morgan fingerprint density at radius 1 is 1.10 bits per heavy atom. The van der Waals surface area contributed by atoms with Crippen molar-refractivity contribution in [3.63, 3.8) is 0 Å². The van der Waals surface area contributed by atoms with E-state index in [1.165, 1.54) is 0 Å². The molecule has 0 aromatic heterocycles. The number of halogens is 4. The summed E-state index contributed by atoms with van der Waals surface area (Å²) in [4.78, 5) is -2.09. The molecule has 2 nitrogen and oxygen atoms in total. The summed E-state index contributed by atoms with van der Waals surface area (Å²) in [6.45, 7) is 4.60. The predicted octanol–water partition coefficient (Wildman–Crippen LogP) is 4.62. The van der Waals surface area contributed by atoms with E-state index in [1.54, 1.807) is 0 Å². The van der Waals surface area contributed by atoms with E-state index in [0.717, 1.165) is 6.42 Å². The van der Waals surface area contributed by atoms with Gasteiger partial charge in [-0.05, 0) is 20.3 Å². The van der Waals surface area contributed by atoms with Gasteiger partial charge in [0.05, 0.1) is 10.1 Å². The maximum absolute atomic E-state index is 6.96. The summed E-state index contributed by atoms with van der Waals surface area (Å²) < 4.78 is 11.9. The van der Waals surface area contributed by atoms with Crippen LogP contribution in [0.4, 0.5) is 0 Å². The molecule has 0 heterocycles. The molecule has 3 rings (SSSR count). The summed E-state index contributed by atoms with van der Waals surface area (Å²) >= 11 is 26.8. The monoisotopic (exact) mass is 356 g/mol. The largest absolute Gasteiger partial charge is 0.346 e. The third-order valence-electron chi connectivity index (χ3n) is 4.62. The van der Waals surface area contributed by atoms with E-state index in [4.69, 9.17) is 55.9 Å². The molecule has 3 aliphatic carbocycles. The molecule has 112 valence electrons. The molecule has 20 heavy (non-hydrogen) atoms. The first kappa shape index (κ1) is 15.5. The number of hydrogen-bond donors (Lipinski definition) is 0. The second-order valence-corrected chi connectivity index (χ2v) is 7.28. The van der Waals surface area contributed by atoms with Crippen molar-refractivity contribution in [2.24, 2.45) is 11.8 Å². The highest BCUT2D eigenvalue weighted by Crippen LogP contribution is 2.75. The second-order valence-electron chi connectivity index (χ2n) is 5.33. The van der Waals surface area contributed by atoms with Crippen LogP contribution in [0.3, 0.4) is 0 Å². The molecule has 0 aromatic rings. The first-order valence-electron chi connectivity index (χ1n) is 6.80. The zero-order valence-corrected chi connectivity index (χ0v) is 14.3. The number of allylic oxidation sites excluding steroid dienone is 2. The lowest BCUT2D eigenvalue weighted by Gasteiger charge is -2.43. The maximum Gasteiger partial charge on any atom is 0.218 e. The highest BCUT2D eigenvalue weighted by atomic mass is 35.5. The van der Waals surface area contributed by atoms with Crippen LogP contribution in [0.1, 0.15) is 20.3 Å². The Labute approximate surface area is 139 Å². The molecular formula is C14H16Cl4O2. The zero-order valence-electron chi connectivity index (χ0n) is 11.3. The molecule has 3 aliphatic rings. The lowest BCUT2D eigenvalue weighted by Crippen LogP contribution is -2.58. The van der Waals surface area contributed by atoms with Crippen LogP contribution in [0, 0.1) is 11.8 Å². The Morgan fingerprint density at radius 3 is 2.20 bits per heavy atom. The minimum absolute atomic E-state index is 0.0326. The first-order valence-corrected chi connectivity index (χ1v) is 8.31. The summed E-state index contributed by atoms with van der Waals surface area (Å²) in [5.41, 5.74) is 0. The summed E-state index contributed by atoms with van der Waals surface area (Å²) in [5.74, 6) is -1.22. The topological polar surface area (TPSA) is 18.5 Å². The van der Waals surface area contributed by atoms with Crippen molar-refractivity contribution in [3.8, 4) is 0 Å². The third-order valence-corrected chi connectivity index (χ3v) is 7.29. The summed E-state index contributed by atoms with van der Waals surface area (Å²) in [6.07, 6.45) is 4.93. The van der Waals surface area contributed by atoms with E-state index in [9.17, 15) is 0 Å². The van der Waals surface area contributed by atoms with Gasteiger partial charge in [-0.2, -0.15) is 0 Å². The van der Waals surface area contributed by atoms with Crippen LogP contribution in [-0.2, 0) is 9.47 Å². The van der Waals surface area contributed by atoms with Crippen LogP contribution in [0.15, 0.2) is 22.2 Å². The molecule has 0 aliphatic heterocycles. The number of rotatable bonds is 4. The number of fused-ring (bicyclic) bond motifs is 5. The summed E-state index contributed by atoms with van der Waals surface area (Å²) in [7, 11) is 0. The van der Waals surface area contributed by atoms with Crippen molar-refractivity contribution in [2.75, 3.05) is 13.2 Å². The molecule has 6 heteroatoms. The quantitative estimate of drug-likeness (QED) is 0.415. The lowest BCUT2D eigenvalue weighted by atomic mass is 9.84. The van der Waals surface area contributed by atoms with Crippen molar-refractivity contribution >= 4 is 46.4 Å². The molecule has 1 fully saturated rings. The standard InChI is InChI=1S/C14H16Cl4O2/c1-3-19-14(20-4-2)12(17)8-6-5-7-9(8)13(14,18)11(16)10(12)15/h5-6,8-9H,3-4,7H2,1-2H3/t8-,9-,12-,13+/m0/s1. The van der Waals surface area contributed by atoms with Gasteiger partial charge in [0.2, 0.25) is 5.79 Å². The van der Waals surface area contributed by atoms with E-state index in [-0.39, 0.29) is 11.8 Å². The molecule has 0 saturated heterocycles. The van der Waals surface area contributed by atoms with E-state index in [2.05, 4.69) is 12.2 Å². The fraction of sp³-hybridized carbons (Fsp3) is 0.714. The molecule has 0 aromatic carbocycles. The maximum atomic E-state index is 6.96. The Balaban J connectivity index is 2.25. The van der Waals surface area contributed by atoms with Crippen molar-refractivity contribution < 1.29 is 9.47 Å². The molecule has 0 amide bonds. The summed E-state index contributed by atoms with van der Waals surface area (Å²) in [6, 6.07) is 0. The summed E-state index contributed by atoms with van der Waals surface area (Å²) in [5, 5.41) is 0.716. The fourth-order valence-corrected chi connectivity index (χ4v) is 6.10. The highest BCUT2D eigenvalue weighted by Gasteiger charge is 2.84. The molecule has 1 saturated carbocycles. The van der Waals surface area contributed by atoms with Gasteiger partial charge in [-0.25, -0.2) is 0 Å². The van der Waals surface area contributed by atoms with Crippen molar-refractivity contribution in [2.45, 2.75) is 35.8 Å². The van der Waals surface area contributed by atoms with Gasteiger partial charge in [0.25, 0.3) is 0 Å². The van der Waals surface area contributed by atoms with Gasteiger partial charge < -0.3 is 9.47 Å². The Kier molecular flexibility index (Phi) is 3.69. The van der Waals surface area contributed by atoms with Crippen molar-refractivity contribution in [3.05, 3.63) is 22.2 Å². The van der Waals surface area contributed by atoms with Crippen LogP contribution in [0.2, 0.25) is 0 Å². The molecule has 0 spiro atoms. The van der Waals surface area contributed by atoms with Gasteiger partial charge in [-0.1, -0.05) is 35.4 Å². The van der Waals surface area contributed by atoms with E-state index < -0.39 is 15.5 Å². The SMILES string of the molecule is CCOC1(OCC)[C@@]2(Cl)C(Cl)=C(Cl)[C@]1(Cl)[C@H]1CC=C[C@@H]12. The van der Waals surface area contributed by atoms with Gasteiger partial charge in [0.1, 0.15) is 9.75 Å². The van der Waals surface area contributed by atoms with Gasteiger partial charge in [0.15, 0.2) is 0 Å². The molecule has 0 unspecified atom stereocenters. The number of hydrogen-bond acceptors (Lipinski definition) is 2. The van der Waals surface area contributed by atoms with Crippen LogP contribution >= 0.6 is 46.4 Å². The molecule has 4 atom stereocenters. The molecule has 0 N–H and O–H groups in total. The van der Waals surface area contributed by atoms with Crippen LogP contribution < -0.4 is 0 Å². The fourth-order valence-electron chi connectivity index (χ4n) is 3.99.